The van der Waals surface area contributed by atoms with Crippen LogP contribution in [0.25, 0.3) is 0 Å². The van der Waals surface area contributed by atoms with Crippen molar-refractivity contribution in [3.05, 3.63) is 47.2 Å². The van der Waals surface area contributed by atoms with Crippen molar-refractivity contribution in [1.82, 2.24) is 20.2 Å². The molecule has 0 unspecified atom stereocenters. The highest BCUT2D eigenvalue weighted by Gasteiger charge is 2.18. The number of hydrogen-bond acceptors (Lipinski definition) is 6. The molecule has 1 aliphatic rings. The molecule has 0 radical (unpaired) electrons. The third-order valence-electron chi connectivity index (χ3n) is 5.12. The van der Waals surface area contributed by atoms with E-state index in [0.717, 1.165) is 56.4 Å². The number of aromatic nitrogens is 2. The molecule has 1 fully saturated rings. The van der Waals surface area contributed by atoms with E-state index in [1.165, 1.54) is 0 Å². The maximum atomic E-state index is 12.0. The number of nitrogens with one attached hydrogen (secondary N) is 1. The van der Waals surface area contributed by atoms with Crippen LogP contribution in [0.2, 0.25) is 5.02 Å². The molecular weight excluding hydrogens is 402 g/mol. The number of ether oxygens (including phenoxy) is 1. The first-order chi connectivity index (χ1) is 14.6. The molecule has 1 amide bonds. The molecule has 0 aliphatic carbocycles. The van der Waals surface area contributed by atoms with Crippen molar-refractivity contribution in [3.63, 3.8) is 0 Å². The first-order valence-corrected chi connectivity index (χ1v) is 10.9. The molecule has 0 atom stereocenters. The first kappa shape index (κ1) is 22.3. The standard InChI is InChI=1S/C22H30ClN5O2/c1-18-17-19(23)6-7-20(18)30-16-2-5-21(29)24-10-4-11-27-12-14-28(15-13-27)22-25-8-3-9-26-22/h3,6-9,17H,2,4-5,10-16H2,1H3,(H,24,29). The fourth-order valence-electron chi connectivity index (χ4n) is 3.43. The average Bonchev–Trinajstić information content (AvgIpc) is 2.76. The molecule has 1 saturated heterocycles. The van der Waals surface area contributed by atoms with E-state index in [4.69, 9.17) is 16.3 Å². The van der Waals surface area contributed by atoms with Crippen LogP contribution in [-0.4, -0.2) is 66.7 Å². The van der Waals surface area contributed by atoms with Crippen molar-refractivity contribution < 1.29 is 9.53 Å². The van der Waals surface area contributed by atoms with Gasteiger partial charge in [0.05, 0.1) is 6.61 Å². The number of piperazine rings is 1. The molecule has 1 aromatic carbocycles. The van der Waals surface area contributed by atoms with Gasteiger partial charge < -0.3 is 15.0 Å². The van der Waals surface area contributed by atoms with Crippen LogP contribution in [0.5, 0.6) is 5.75 Å². The molecule has 2 heterocycles. The Kier molecular flexibility index (Phi) is 8.71. The number of amides is 1. The summed E-state index contributed by atoms with van der Waals surface area (Å²) in [4.78, 5) is 25.3. The van der Waals surface area contributed by atoms with E-state index in [1.54, 1.807) is 12.4 Å². The fourth-order valence-corrected chi connectivity index (χ4v) is 3.66. The summed E-state index contributed by atoms with van der Waals surface area (Å²) < 4.78 is 5.73. The van der Waals surface area contributed by atoms with Crippen LogP contribution in [0.3, 0.4) is 0 Å². The molecule has 0 saturated carbocycles. The van der Waals surface area contributed by atoms with E-state index >= 15 is 0 Å². The van der Waals surface area contributed by atoms with Crippen molar-refractivity contribution in [2.45, 2.75) is 26.2 Å². The summed E-state index contributed by atoms with van der Waals surface area (Å²) in [6, 6.07) is 7.39. The van der Waals surface area contributed by atoms with Gasteiger partial charge in [0.25, 0.3) is 0 Å². The molecule has 8 heteroatoms. The second-order valence-electron chi connectivity index (χ2n) is 7.44. The van der Waals surface area contributed by atoms with Gasteiger partial charge in [-0.25, -0.2) is 9.97 Å². The van der Waals surface area contributed by atoms with Crippen LogP contribution in [0, 0.1) is 6.92 Å². The van der Waals surface area contributed by atoms with Crippen LogP contribution in [0.1, 0.15) is 24.8 Å². The number of halogens is 1. The summed E-state index contributed by atoms with van der Waals surface area (Å²) >= 11 is 5.94. The zero-order chi connectivity index (χ0) is 21.2. The Hall–Kier alpha value is -2.38. The Morgan fingerprint density at radius 1 is 1.17 bits per heavy atom. The number of hydrogen-bond donors (Lipinski definition) is 1. The summed E-state index contributed by atoms with van der Waals surface area (Å²) in [6.45, 7) is 8.03. The molecule has 1 aliphatic heterocycles. The lowest BCUT2D eigenvalue weighted by atomic mass is 10.2. The van der Waals surface area contributed by atoms with E-state index < -0.39 is 0 Å². The topological polar surface area (TPSA) is 70.6 Å². The number of carbonyl (C=O) groups excluding carboxylic acids is 1. The van der Waals surface area contributed by atoms with Crippen molar-refractivity contribution in [2.24, 2.45) is 0 Å². The van der Waals surface area contributed by atoms with Gasteiger partial charge in [-0.15, -0.1) is 0 Å². The van der Waals surface area contributed by atoms with Gasteiger partial charge in [-0.05, 0) is 56.1 Å². The summed E-state index contributed by atoms with van der Waals surface area (Å²) in [5.74, 6) is 1.70. The second-order valence-corrected chi connectivity index (χ2v) is 7.88. The lowest BCUT2D eigenvalue weighted by Gasteiger charge is -2.34. The van der Waals surface area contributed by atoms with E-state index in [-0.39, 0.29) is 5.91 Å². The molecule has 1 aromatic heterocycles. The first-order valence-electron chi connectivity index (χ1n) is 10.5. The highest BCUT2D eigenvalue weighted by molar-refractivity contribution is 6.30. The van der Waals surface area contributed by atoms with Gasteiger partial charge in [0.2, 0.25) is 11.9 Å². The molecule has 162 valence electrons. The number of carbonyl (C=O) groups is 1. The Bertz CT molecular complexity index is 797. The van der Waals surface area contributed by atoms with E-state index in [0.29, 0.717) is 31.0 Å². The molecule has 0 bridgehead atoms. The van der Waals surface area contributed by atoms with Gasteiger partial charge in [0.15, 0.2) is 0 Å². The molecule has 1 N–H and O–H groups in total. The highest BCUT2D eigenvalue weighted by Crippen LogP contribution is 2.21. The van der Waals surface area contributed by atoms with Gasteiger partial charge in [-0.2, -0.15) is 0 Å². The predicted molar refractivity (Wildman–Crippen MR) is 119 cm³/mol. The minimum atomic E-state index is 0.0810. The summed E-state index contributed by atoms with van der Waals surface area (Å²) in [5.41, 5.74) is 1.00. The van der Waals surface area contributed by atoms with Crippen LogP contribution in [0.15, 0.2) is 36.7 Å². The minimum Gasteiger partial charge on any atom is -0.493 e. The maximum Gasteiger partial charge on any atom is 0.225 e. The number of nitrogens with zero attached hydrogens (tertiary/aromatic N) is 4. The monoisotopic (exact) mass is 431 g/mol. The van der Waals surface area contributed by atoms with Gasteiger partial charge >= 0.3 is 0 Å². The second kappa shape index (κ2) is 11.7. The molecule has 30 heavy (non-hydrogen) atoms. The van der Waals surface area contributed by atoms with Gasteiger partial charge in [-0.1, -0.05) is 11.6 Å². The predicted octanol–water partition coefficient (Wildman–Crippen LogP) is 2.93. The Morgan fingerprint density at radius 3 is 2.67 bits per heavy atom. The van der Waals surface area contributed by atoms with Gasteiger partial charge in [-0.3, -0.25) is 9.69 Å². The van der Waals surface area contributed by atoms with E-state index in [9.17, 15) is 4.79 Å². The van der Waals surface area contributed by atoms with Crippen molar-refractivity contribution in [2.75, 3.05) is 50.8 Å². The number of aryl methyl sites for hydroxylation is 1. The molecule has 3 rings (SSSR count). The summed E-state index contributed by atoms with van der Waals surface area (Å²) in [6.07, 6.45) is 5.68. The smallest absolute Gasteiger partial charge is 0.225 e. The Labute approximate surface area is 183 Å². The van der Waals surface area contributed by atoms with Crippen molar-refractivity contribution >= 4 is 23.5 Å². The normalized spacial score (nSPS) is 14.5. The number of anilines is 1. The summed E-state index contributed by atoms with van der Waals surface area (Å²) in [7, 11) is 0. The summed E-state index contributed by atoms with van der Waals surface area (Å²) in [5, 5.41) is 3.71. The van der Waals surface area contributed by atoms with Crippen LogP contribution < -0.4 is 15.0 Å². The van der Waals surface area contributed by atoms with Crippen molar-refractivity contribution in [3.8, 4) is 5.75 Å². The number of benzene rings is 1. The van der Waals surface area contributed by atoms with Crippen molar-refractivity contribution in [1.29, 1.82) is 0 Å². The van der Waals surface area contributed by atoms with E-state index in [1.807, 2.05) is 31.2 Å². The molecule has 2 aromatic rings. The van der Waals surface area contributed by atoms with Gasteiger partial charge in [0.1, 0.15) is 5.75 Å². The third kappa shape index (κ3) is 7.15. The average molecular weight is 432 g/mol. The van der Waals surface area contributed by atoms with Gasteiger partial charge in [0, 0.05) is 56.6 Å². The Morgan fingerprint density at radius 2 is 1.93 bits per heavy atom. The fraction of sp³-hybridized carbons (Fsp3) is 0.500. The quantitative estimate of drug-likeness (QED) is 0.583. The largest absolute Gasteiger partial charge is 0.493 e. The van der Waals surface area contributed by atoms with Crippen LogP contribution in [-0.2, 0) is 4.79 Å². The van der Waals surface area contributed by atoms with Crippen LogP contribution >= 0.6 is 11.6 Å². The zero-order valence-corrected chi connectivity index (χ0v) is 18.3. The maximum absolute atomic E-state index is 12.0. The SMILES string of the molecule is Cc1cc(Cl)ccc1OCCCC(=O)NCCCN1CCN(c2ncccn2)CC1. The Balaban J connectivity index is 1.22. The van der Waals surface area contributed by atoms with E-state index in [2.05, 4.69) is 25.1 Å². The molecule has 7 nitrogen and oxygen atoms in total. The molecule has 0 spiro atoms. The minimum absolute atomic E-state index is 0.0810. The lowest BCUT2D eigenvalue weighted by Crippen LogP contribution is -2.47. The number of rotatable bonds is 10. The third-order valence-corrected chi connectivity index (χ3v) is 5.36. The lowest BCUT2D eigenvalue weighted by molar-refractivity contribution is -0.121. The molecular formula is C22H30ClN5O2. The highest BCUT2D eigenvalue weighted by atomic mass is 35.5. The zero-order valence-electron chi connectivity index (χ0n) is 17.5. The van der Waals surface area contributed by atoms with Crippen LogP contribution in [0.4, 0.5) is 5.95 Å².